The number of rotatable bonds is 7. The highest BCUT2D eigenvalue weighted by Gasteiger charge is 1.98. The molecule has 116 valence electrons. The number of urea groups is 1. The lowest BCUT2D eigenvalue weighted by atomic mass is 10.2. The molecule has 1 aromatic carbocycles. The summed E-state index contributed by atoms with van der Waals surface area (Å²) >= 11 is 0. The summed E-state index contributed by atoms with van der Waals surface area (Å²) < 4.78 is 1.89. The Morgan fingerprint density at radius 3 is 2.82 bits per heavy atom. The molecule has 5 nitrogen and oxygen atoms in total. The fourth-order valence-corrected chi connectivity index (χ4v) is 2.01. The van der Waals surface area contributed by atoms with Crippen molar-refractivity contribution in [1.29, 1.82) is 0 Å². The smallest absolute Gasteiger partial charge is 0.315 e. The minimum Gasteiger partial charge on any atom is -0.338 e. The highest BCUT2D eigenvalue weighted by molar-refractivity contribution is 5.74. The third kappa shape index (κ3) is 5.83. The number of nitrogens with one attached hydrogen (secondary N) is 2. The van der Waals surface area contributed by atoms with Crippen LogP contribution < -0.4 is 10.6 Å². The number of nitrogens with zero attached hydrogens (tertiary/aromatic N) is 2. The van der Waals surface area contributed by atoms with Crippen LogP contribution in [0.25, 0.3) is 6.08 Å². The zero-order chi connectivity index (χ0) is 15.6. The van der Waals surface area contributed by atoms with Crippen LogP contribution in [0, 0.1) is 6.92 Å². The molecule has 1 aromatic heterocycles. The quantitative estimate of drug-likeness (QED) is 0.772. The van der Waals surface area contributed by atoms with Gasteiger partial charge in [0, 0.05) is 25.8 Å². The number of hydrogen-bond donors (Lipinski definition) is 2. The maximum Gasteiger partial charge on any atom is 0.315 e. The highest BCUT2D eigenvalue weighted by Crippen LogP contribution is 1.99. The average Bonchev–Trinajstić information content (AvgIpc) is 2.95. The van der Waals surface area contributed by atoms with Gasteiger partial charge in [-0.15, -0.1) is 0 Å². The van der Waals surface area contributed by atoms with Crippen LogP contribution in [-0.2, 0) is 6.54 Å². The van der Waals surface area contributed by atoms with Crippen LogP contribution in [0.2, 0.25) is 0 Å². The maximum absolute atomic E-state index is 11.6. The minimum atomic E-state index is -0.144. The molecule has 2 N–H and O–H groups in total. The normalized spacial score (nSPS) is 10.8. The number of carbonyl (C=O) groups is 1. The second kappa shape index (κ2) is 8.67. The van der Waals surface area contributed by atoms with E-state index in [0.717, 1.165) is 24.1 Å². The summed E-state index contributed by atoms with van der Waals surface area (Å²) in [6, 6.07) is 9.85. The third-order valence-corrected chi connectivity index (χ3v) is 3.10. The molecule has 0 bridgehead atoms. The van der Waals surface area contributed by atoms with Gasteiger partial charge in [0.2, 0.25) is 0 Å². The lowest BCUT2D eigenvalue weighted by molar-refractivity contribution is 0.241. The Bertz CT molecular complexity index is 604. The van der Waals surface area contributed by atoms with E-state index in [1.165, 1.54) is 0 Å². The molecule has 0 atom stereocenters. The molecule has 0 saturated heterocycles. The molecule has 0 spiro atoms. The molecule has 0 aliphatic heterocycles. The summed E-state index contributed by atoms with van der Waals surface area (Å²) in [5.41, 5.74) is 2.27. The van der Waals surface area contributed by atoms with Gasteiger partial charge in [0.05, 0.1) is 6.20 Å². The van der Waals surface area contributed by atoms with Crippen molar-refractivity contribution in [2.45, 2.75) is 19.9 Å². The monoisotopic (exact) mass is 298 g/mol. The summed E-state index contributed by atoms with van der Waals surface area (Å²) in [5.74, 6) is 0. The van der Waals surface area contributed by atoms with Crippen LogP contribution in [0.15, 0.2) is 48.8 Å². The molecular formula is C17H22N4O. The fourth-order valence-electron chi connectivity index (χ4n) is 2.01. The Kier molecular flexibility index (Phi) is 6.23. The molecule has 1 heterocycles. The number of amides is 2. The number of carbonyl (C=O) groups excluding carboxylic acids is 1. The molecule has 2 amide bonds. The zero-order valence-electron chi connectivity index (χ0n) is 12.8. The number of benzene rings is 1. The summed E-state index contributed by atoms with van der Waals surface area (Å²) in [7, 11) is 0. The van der Waals surface area contributed by atoms with Crippen molar-refractivity contribution in [2.24, 2.45) is 0 Å². The van der Waals surface area contributed by atoms with Gasteiger partial charge in [-0.3, -0.25) is 4.68 Å². The fraction of sp³-hybridized carbons (Fsp3) is 0.294. The minimum absolute atomic E-state index is 0.144. The van der Waals surface area contributed by atoms with Gasteiger partial charge in [0.15, 0.2) is 0 Å². The number of hydrogen-bond acceptors (Lipinski definition) is 2. The zero-order valence-corrected chi connectivity index (χ0v) is 12.8. The van der Waals surface area contributed by atoms with Crippen molar-refractivity contribution in [3.8, 4) is 0 Å². The third-order valence-electron chi connectivity index (χ3n) is 3.10. The van der Waals surface area contributed by atoms with Gasteiger partial charge in [-0.2, -0.15) is 5.10 Å². The van der Waals surface area contributed by atoms with Crippen molar-refractivity contribution < 1.29 is 4.79 Å². The molecule has 0 radical (unpaired) electrons. The first-order valence-electron chi connectivity index (χ1n) is 7.46. The van der Waals surface area contributed by atoms with Crippen molar-refractivity contribution in [3.05, 3.63) is 59.9 Å². The van der Waals surface area contributed by atoms with Gasteiger partial charge in [-0.25, -0.2) is 4.79 Å². The second-order valence-corrected chi connectivity index (χ2v) is 5.08. The van der Waals surface area contributed by atoms with Crippen LogP contribution >= 0.6 is 0 Å². The summed E-state index contributed by atoms with van der Waals surface area (Å²) in [4.78, 5) is 11.6. The SMILES string of the molecule is Cc1cnn(CCCNC(=O)NC/C=C/c2ccccc2)c1. The molecule has 0 aliphatic rings. The Labute approximate surface area is 131 Å². The van der Waals surface area contributed by atoms with Crippen LogP contribution in [0.1, 0.15) is 17.5 Å². The van der Waals surface area contributed by atoms with E-state index in [1.807, 2.05) is 66.5 Å². The van der Waals surface area contributed by atoms with Gasteiger partial charge in [-0.05, 0) is 24.5 Å². The lowest BCUT2D eigenvalue weighted by Crippen LogP contribution is -2.36. The van der Waals surface area contributed by atoms with Crippen molar-refractivity contribution >= 4 is 12.1 Å². The molecule has 0 unspecified atom stereocenters. The van der Waals surface area contributed by atoms with Crippen molar-refractivity contribution in [3.63, 3.8) is 0 Å². The molecule has 2 aromatic rings. The highest BCUT2D eigenvalue weighted by atomic mass is 16.2. The van der Waals surface area contributed by atoms with Gasteiger partial charge in [-0.1, -0.05) is 42.5 Å². The Morgan fingerprint density at radius 1 is 1.27 bits per heavy atom. The molecule has 0 saturated carbocycles. The lowest BCUT2D eigenvalue weighted by Gasteiger charge is -2.06. The Hall–Kier alpha value is -2.56. The van der Waals surface area contributed by atoms with Crippen molar-refractivity contribution in [1.82, 2.24) is 20.4 Å². The van der Waals surface area contributed by atoms with E-state index in [2.05, 4.69) is 15.7 Å². The largest absolute Gasteiger partial charge is 0.338 e. The van der Waals surface area contributed by atoms with E-state index in [4.69, 9.17) is 0 Å². The van der Waals surface area contributed by atoms with Crippen LogP contribution in [0.5, 0.6) is 0 Å². The molecule has 22 heavy (non-hydrogen) atoms. The molecule has 0 aliphatic carbocycles. The average molecular weight is 298 g/mol. The topological polar surface area (TPSA) is 59.0 Å². The predicted octanol–water partition coefficient (Wildman–Crippen LogP) is 2.59. The van der Waals surface area contributed by atoms with Gasteiger partial charge >= 0.3 is 6.03 Å². The van der Waals surface area contributed by atoms with E-state index in [1.54, 1.807) is 0 Å². The van der Waals surface area contributed by atoms with Gasteiger partial charge in [0.1, 0.15) is 0 Å². The Morgan fingerprint density at radius 2 is 2.09 bits per heavy atom. The van der Waals surface area contributed by atoms with Crippen LogP contribution in [0.4, 0.5) is 4.79 Å². The van der Waals surface area contributed by atoms with Gasteiger partial charge < -0.3 is 10.6 Å². The first-order chi connectivity index (χ1) is 10.7. The maximum atomic E-state index is 11.6. The van der Waals surface area contributed by atoms with E-state index in [9.17, 15) is 4.79 Å². The summed E-state index contributed by atoms with van der Waals surface area (Å²) in [6.07, 6.45) is 8.60. The Balaban J connectivity index is 1.55. The van der Waals surface area contributed by atoms with Crippen molar-refractivity contribution in [2.75, 3.05) is 13.1 Å². The summed E-state index contributed by atoms with van der Waals surface area (Å²) in [5, 5.41) is 9.83. The van der Waals surface area contributed by atoms with Crippen LogP contribution in [-0.4, -0.2) is 28.9 Å². The van der Waals surface area contributed by atoms with E-state index < -0.39 is 0 Å². The molecular weight excluding hydrogens is 276 g/mol. The van der Waals surface area contributed by atoms with E-state index in [-0.39, 0.29) is 6.03 Å². The van der Waals surface area contributed by atoms with Crippen LogP contribution in [0.3, 0.4) is 0 Å². The van der Waals surface area contributed by atoms with E-state index in [0.29, 0.717) is 13.1 Å². The second-order valence-electron chi connectivity index (χ2n) is 5.08. The standard InChI is InChI=1S/C17H22N4O/c1-15-13-20-21(14-15)12-6-11-19-17(22)18-10-5-9-16-7-3-2-4-8-16/h2-5,7-9,13-14H,6,10-12H2,1H3,(H2,18,19,22)/b9-5+. The molecule has 0 fully saturated rings. The first-order valence-corrected chi connectivity index (χ1v) is 7.46. The number of aromatic nitrogens is 2. The predicted molar refractivity (Wildman–Crippen MR) is 88.5 cm³/mol. The molecule has 2 rings (SSSR count). The van der Waals surface area contributed by atoms with Gasteiger partial charge in [0.25, 0.3) is 0 Å². The number of aryl methyl sites for hydroxylation is 2. The molecule has 5 heteroatoms. The summed E-state index contributed by atoms with van der Waals surface area (Å²) in [6.45, 7) is 3.96. The first kappa shape index (κ1) is 15.8. The van der Waals surface area contributed by atoms with E-state index >= 15 is 0 Å².